The van der Waals surface area contributed by atoms with Gasteiger partial charge >= 0.3 is 0 Å². The van der Waals surface area contributed by atoms with E-state index in [1.807, 2.05) is 18.2 Å². The minimum Gasteiger partial charge on any atom is -0.349 e. The van der Waals surface area contributed by atoms with Gasteiger partial charge in [0.1, 0.15) is 0 Å². The van der Waals surface area contributed by atoms with E-state index in [2.05, 4.69) is 36.3 Å². The van der Waals surface area contributed by atoms with Gasteiger partial charge in [0.25, 0.3) is 0 Å². The zero-order chi connectivity index (χ0) is 13.7. The van der Waals surface area contributed by atoms with Gasteiger partial charge in [-0.15, -0.1) is 0 Å². The molecular formula is C16H24N2O. The molecule has 1 aromatic rings. The van der Waals surface area contributed by atoms with Crippen LogP contribution < -0.4 is 5.32 Å². The Morgan fingerprint density at radius 1 is 1.32 bits per heavy atom. The van der Waals surface area contributed by atoms with Crippen molar-refractivity contribution < 1.29 is 4.79 Å². The summed E-state index contributed by atoms with van der Waals surface area (Å²) in [7, 11) is 2.12. The summed E-state index contributed by atoms with van der Waals surface area (Å²) in [6.07, 6.45) is 2.89. The lowest BCUT2D eigenvalue weighted by Gasteiger charge is -2.29. The quantitative estimate of drug-likeness (QED) is 0.902. The molecule has 1 aliphatic heterocycles. The second kappa shape index (κ2) is 6.71. The molecule has 2 rings (SSSR count). The van der Waals surface area contributed by atoms with Crippen LogP contribution in [0.25, 0.3) is 0 Å². The lowest BCUT2D eigenvalue weighted by molar-refractivity contribution is -0.127. The predicted octanol–water partition coefficient (Wildman–Crippen LogP) is 2.60. The molecule has 3 nitrogen and oxygen atoms in total. The number of carbonyl (C=O) groups is 1. The second-order valence-corrected chi connectivity index (χ2v) is 5.46. The van der Waals surface area contributed by atoms with Gasteiger partial charge in [-0.1, -0.05) is 37.3 Å². The number of nitrogens with one attached hydrogen (secondary N) is 1. The van der Waals surface area contributed by atoms with Crippen molar-refractivity contribution in [3.63, 3.8) is 0 Å². The van der Waals surface area contributed by atoms with Crippen LogP contribution >= 0.6 is 0 Å². The summed E-state index contributed by atoms with van der Waals surface area (Å²) in [5.74, 6) is 0.415. The maximum absolute atomic E-state index is 12.3. The van der Waals surface area contributed by atoms with Gasteiger partial charge in [-0.05, 0) is 45.0 Å². The zero-order valence-corrected chi connectivity index (χ0v) is 11.9. The van der Waals surface area contributed by atoms with Crippen LogP contribution in [0, 0.1) is 5.92 Å². The van der Waals surface area contributed by atoms with Gasteiger partial charge in [0.2, 0.25) is 5.91 Å². The molecule has 19 heavy (non-hydrogen) atoms. The number of amides is 1. The third-order valence-corrected chi connectivity index (χ3v) is 4.02. The minimum atomic E-state index is 0.147. The Labute approximate surface area is 116 Å². The van der Waals surface area contributed by atoms with Crippen LogP contribution in [0.5, 0.6) is 0 Å². The summed E-state index contributed by atoms with van der Waals surface area (Å²) in [4.78, 5) is 14.6. The van der Waals surface area contributed by atoms with E-state index in [4.69, 9.17) is 0 Å². The van der Waals surface area contributed by atoms with Gasteiger partial charge in [0.05, 0.1) is 6.04 Å². The third kappa shape index (κ3) is 3.80. The molecule has 1 amide bonds. The van der Waals surface area contributed by atoms with Crippen molar-refractivity contribution in [2.75, 3.05) is 20.1 Å². The Balaban J connectivity index is 1.93. The number of carbonyl (C=O) groups excluding carboxylic acids is 1. The van der Waals surface area contributed by atoms with Crippen LogP contribution in [0.15, 0.2) is 30.3 Å². The summed E-state index contributed by atoms with van der Waals surface area (Å²) < 4.78 is 0. The monoisotopic (exact) mass is 260 g/mol. The molecule has 0 saturated carbocycles. The summed E-state index contributed by atoms with van der Waals surface area (Å²) >= 11 is 0. The summed E-state index contributed by atoms with van der Waals surface area (Å²) in [6, 6.07) is 10.4. The zero-order valence-electron chi connectivity index (χ0n) is 11.9. The minimum absolute atomic E-state index is 0.147. The van der Waals surface area contributed by atoms with Gasteiger partial charge in [-0.2, -0.15) is 0 Å². The molecule has 0 spiro atoms. The van der Waals surface area contributed by atoms with Crippen LogP contribution in [0.3, 0.4) is 0 Å². The molecule has 0 aromatic heterocycles. The number of hydrogen-bond acceptors (Lipinski definition) is 2. The maximum atomic E-state index is 12.3. The van der Waals surface area contributed by atoms with Crippen molar-refractivity contribution >= 4 is 5.91 Å². The highest BCUT2D eigenvalue weighted by molar-refractivity contribution is 5.79. The molecule has 1 N–H and O–H groups in total. The number of hydrogen-bond donors (Lipinski definition) is 1. The fourth-order valence-corrected chi connectivity index (χ4v) is 2.67. The molecule has 1 aromatic carbocycles. The Morgan fingerprint density at radius 2 is 1.95 bits per heavy atom. The number of benzene rings is 1. The molecule has 1 saturated heterocycles. The van der Waals surface area contributed by atoms with Crippen molar-refractivity contribution in [3.8, 4) is 0 Å². The van der Waals surface area contributed by atoms with E-state index < -0.39 is 0 Å². The predicted molar refractivity (Wildman–Crippen MR) is 77.8 cm³/mol. The molecule has 3 heteroatoms. The van der Waals surface area contributed by atoms with E-state index >= 15 is 0 Å². The summed E-state index contributed by atoms with van der Waals surface area (Å²) in [6.45, 7) is 4.17. The molecule has 104 valence electrons. The van der Waals surface area contributed by atoms with E-state index in [0.29, 0.717) is 0 Å². The average Bonchev–Trinajstić information content (AvgIpc) is 2.46. The fourth-order valence-electron chi connectivity index (χ4n) is 2.67. The van der Waals surface area contributed by atoms with Crippen LogP contribution in [0.1, 0.15) is 37.8 Å². The molecule has 1 fully saturated rings. The van der Waals surface area contributed by atoms with Crippen LogP contribution in [-0.2, 0) is 4.79 Å². The number of rotatable bonds is 4. The molecular weight excluding hydrogens is 236 g/mol. The van der Waals surface area contributed by atoms with Crippen molar-refractivity contribution in [2.45, 2.75) is 32.2 Å². The van der Waals surface area contributed by atoms with E-state index in [-0.39, 0.29) is 17.9 Å². The van der Waals surface area contributed by atoms with Gasteiger partial charge in [0.15, 0.2) is 0 Å². The molecule has 0 unspecified atom stereocenters. The smallest absolute Gasteiger partial charge is 0.223 e. The number of piperidine rings is 1. The molecule has 0 bridgehead atoms. The maximum Gasteiger partial charge on any atom is 0.223 e. The Kier molecular flexibility index (Phi) is 4.97. The van der Waals surface area contributed by atoms with Crippen molar-refractivity contribution in [2.24, 2.45) is 5.92 Å². The first kappa shape index (κ1) is 14.1. The van der Waals surface area contributed by atoms with E-state index in [0.717, 1.165) is 32.4 Å². The molecule has 0 aliphatic carbocycles. The van der Waals surface area contributed by atoms with Crippen LogP contribution in [0.2, 0.25) is 0 Å². The first-order chi connectivity index (χ1) is 9.20. The van der Waals surface area contributed by atoms with Crippen LogP contribution in [-0.4, -0.2) is 30.9 Å². The van der Waals surface area contributed by atoms with E-state index in [1.54, 1.807) is 0 Å². The van der Waals surface area contributed by atoms with Gasteiger partial charge < -0.3 is 10.2 Å². The van der Waals surface area contributed by atoms with Crippen LogP contribution in [0.4, 0.5) is 0 Å². The fraction of sp³-hybridized carbons (Fsp3) is 0.562. The Hall–Kier alpha value is -1.35. The van der Waals surface area contributed by atoms with Crippen molar-refractivity contribution in [3.05, 3.63) is 35.9 Å². The van der Waals surface area contributed by atoms with Crippen molar-refractivity contribution in [1.29, 1.82) is 0 Å². The Morgan fingerprint density at radius 3 is 2.53 bits per heavy atom. The SMILES string of the molecule is CC[C@H](NC(=O)C1CCN(C)CC1)c1ccccc1. The van der Waals surface area contributed by atoms with Gasteiger partial charge in [-0.3, -0.25) is 4.79 Å². The highest BCUT2D eigenvalue weighted by atomic mass is 16.1. The highest BCUT2D eigenvalue weighted by Gasteiger charge is 2.25. The first-order valence-corrected chi connectivity index (χ1v) is 7.24. The summed E-state index contributed by atoms with van der Waals surface area (Å²) in [5.41, 5.74) is 1.20. The standard InChI is InChI=1S/C16H24N2O/c1-3-15(13-7-5-4-6-8-13)17-16(19)14-9-11-18(2)12-10-14/h4-8,14-15H,3,9-12H2,1-2H3,(H,17,19)/t15-/m0/s1. The summed E-state index contributed by atoms with van der Waals surface area (Å²) in [5, 5.41) is 3.21. The van der Waals surface area contributed by atoms with E-state index in [1.165, 1.54) is 5.56 Å². The first-order valence-electron chi connectivity index (χ1n) is 7.24. The molecule has 1 heterocycles. The van der Waals surface area contributed by atoms with E-state index in [9.17, 15) is 4.79 Å². The molecule has 1 aliphatic rings. The lowest BCUT2D eigenvalue weighted by atomic mass is 9.95. The van der Waals surface area contributed by atoms with Gasteiger partial charge in [0, 0.05) is 5.92 Å². The normalized spacial score (nSPS) is 19.1. The average molecular weight is 260 g/mol. The topological polar surface area (TPSA) is 32.3 Å². The Bertz CT molecular complexity index is 396. The molecule has 1 atom stereocenters. The second-order valence-electron chi connectivity index (χ2n) is 5.46. The number of nitrogens with zero attached hydrogens (tertiary/aromatic N) is 1. The largest absolute Gasteiger partial charge is 0.349 e. The van der Waals surface area contributed by atoms with Gasteiger partial charge in [-0.25, -0.2) is 0 Å². The highest BCUT2D eigenvalue weighted by Crippen LogP contribution is 2.20. The molecule has 0 radical (unpaired) electrons. The number of likely N-dealkylation sites (tertiary alicyclic amines) is 1. The lowest BCUT2D eigenvalue weighted by Crippen LogP contribution is -2.40. The van der Waals surface area contributed by atoms with Crippen molar-refractivity contribution in [1.82, 2.24) is 10.2 Å². The third-order valence-electron chi connectivity index (χ3n) is 4.02.